The van der Waals surface area contributed by atoms with Crippen LogP contribution in [0.3, 0.4) is 0 Å². The maximum Gasteiger partial charge on any atom is 0.137 e. The second kappa shape index (κ2) is 6.43. The van der Waals surface area contributed by atoms with E-state index < -0.39 is 0 Å². The van der Waals surface area contributed by atoms with Crippen LogP contribution in [0, 0.1) is 0 Å². The average molecular weight is 372 g/mol. The Morgan fingerprint density at radius 2 is 2.05 bits per heavy atom. The normalized spacial score (nSPS) is 10.2. The highest BCUT2D eigenvalue weighted by Crippen LogP contribution is 2.31. The van der Waals surface area contributed by atoms with Crippen LogP contribution in [0.2, 0.25) is 5.02 Å². The lowest BCUT2D eigenvalue weighted by Crippen LogP contribution is -2.09. The van der Waals surface area contributed by atoms with Crippen molar-refractivity contribution in [3.8, 4) is 5.75 Å². The molecule has 0 spiro atoms. The van der Waals surface area contributed by atoms with Gasteiger partial charge >= 0.3 is 0 Å². The van der Waals surface area contributed by atoms with Crippen LogP contribution in [0.15, 0.2) is 40.9 Å². The van der Waals surface area contributed by atoms with Gasteiger partial charge < -0.3 is 15.8 Å². The van der Waals surface area contributed by atoms with Gasteiger partial charge in [-0.05, 0) is 52.3 Å². The molecule has 3 N–H and O–H groups in total. The number of nitrogens with two attached hydrogens (primary N) is 1. The molecule has 0 fully saturated rings. The maximum atomic E-state index is 6.09. The number of hydrogen-bond acceptors (Lipinski definition) is 3. The number of thiocarbonyl (C=S) groups is 1. The highest BCUT2D eigenvalue weighted by molar-refractivity contribution is 9.10. The minimum Gasteiger partial charge on any atom is -0.495 e. The average Bonchev–Trinajstić information content (AvgIpc) is 2.41. The third-order valence-electron chi connectivity index (χ3n) is 2.68. The van der Waals surface area contributed by atoms with Crippen molar-refractivity contribution in [2.24, 2.45) is 5.73 Å². The van der Waals surface area contributed by atoms with E-state index in [4.69, 9.17) is 34.3 Å². The Kier molecular flexibility index (Phi) is 4.86. The molecule has 2 aromatic carbocycles. The summed E-state index contributed by atoms with van der Waals surface area (Å²) in [6.45, 7) is 0. The standard InChI is InChI=1S/C14H12BrClN2OS/c1-19-13-5-3-9(7-11(13)16)18-12-4-2-8(14(17)20)6-10(12)15/h2-7,18H,1H3,(H2,17,20). The predicted octanol–water partition coefficient (Wildman–Crippen LogP) is 4.49. The number of nitrogens with one attached hydrogen (secondary N) is 1. The minimum absolute atomic E-state index is 0.366. The Morgan fingerprint density at radius 1 is 1.30 bits per heavy atom. The van der Waals surface area contributed by atoms with E-state index in [1.165, 1.54) is 0 Å². The number of hydrogen-bond donors (Lipinski definition) is 2. The van der Waals surface area contributed by atoms with E-state index >= 15 is 0 Å². The smallest absolute Gasteiger partial charge is 0.137 e. The van der Waals surface area contributed by atoms with Gasteiger partial charge in [-0.15, -0.1) is 0 Å². The highest BCUT2D eigenvalue weighted by atomic mass is 79.9. The molecule has 0 aromatic heterocycles. The number of rotatable bonds is 4. The lowest BCUT2D eigenvalue weighted by molar-refractivity contribution is 0.415. The van der Waals surface area contributed by atoms with Crippen LogP contribution in [0.25, 0.3) is 0 Å². The van der Waals surface area contributed by atoms with Gasteiger partial charge in [0.05, 0.1) is 17.8 Å². The molecule has 2 rings (SSSR count). The summed E-state index contributed by atoms with van der Waals surface area (Å²) >= 11 is 14.5. The third-order valence-corrected chi connectivity index (χ3v) is 3.87. The van der Waals surface area contributed by atoms with Gasteiger partial charge in [0.2, 0.25) is 0 Å². The summed E-state index contributed by atoms with van der Waals surface area (Å²) in [7, 11) is 1.58. The summed E-state index contributed by atoms with van der Waals surface area (Å²) in [4.78, 5) is 0.366. The van der Waals surface area contributed by atoms with Gasteiger partial charge in [-0.3, -0.25) is 0 Å². The summed E-state index contributed by atoms with van der Waals surface area (Å²) in [5.74, 6) is 0.639. The fourth-order valence-electron chi connectivity index (χ4n) is 1.67. The molecule has 0 aliphatic rings. The Morgan fingerprint density at radius 3 is 2.60 bits per heavy atom. The van der Waals surface area contributed by atoms with Crippen molar-refractivity contribution >= 4 is 56.1 Å². The minimum atomic E-state index is 0.366. The lowest BCUT2D eigenvalue weighted by atomic mass is 10.2. The zero-order valence-electron chi connectivity index (χ0n) is 10.6. The van der Waals surface area contributed by atoms with E-state index in [0.29, 0.717) is 15.8 Å². The van der Waals surface area contributed by atoms with E-state index in [1.54, 1.807) is 13.2 Å². The molecule has 20 heavy (non-hydrogen) atoms. The molecule has 6 heteroatoms. The van der Waals surface area contributed by atoms with E-state index in [1.807, 2.05) is 30.3 Å². The van der Waals surface area contributed by atoms with Gasteiger partial charge in [-0.2, -0.15) is 0 Å². The van der Waals surface area contributed by atoms with Crippen molar-refractivity contribution in [3.63, 3.8) is 0 Å². The summed E-state index contributed by atoms with van der Waals surface area (Å²) < 4.78 is 5.99. The number of methoxy groups -OCH3 is 1. The van der Waals surface area contributed by atoms with Crippen molar-refractivity contribution in [1.82, 2.24) is 0 Å². The zero-order valence-corrected chi connectivity index (χ0v) is 13.8. The van der Waals surface area contributed by atoms with Gasteiger partial charge in [0, 0.05) is 15.7 Å². The topological polar surface area (TPSA) is 47.3 Å². The first-order valence-electron chi connectivity index (χ1n) is 5.71. The first kappa shape index (κ1) is 15.1. The molecule has 0 unspecified atom stereocenters. The van der Waals surface area contributed by atoms with E-state index in [0.717, 1.165) is 21.4 Å². The number of anilines is 2. The molecule has 0 amide bonds. The van der Waals surface area contributed by atoms with Gasteiger partial charge in [0.15, 0.2) is 0 Å². The SMILES string of the molecule is COc1ccc(Nc2ccc(C(N)=S)cc2Br)cc1Cl. The molecule has 0 radical (unpaired) electrons. The molecule has 2 aromatic rings. The predicted molar refractivity (Wildman–Crippen MR) is 91.3 cm³/mol. The monoisotopic (exact) mass is 370 g/mol. The van der Waals surface area contributed by atoms with Crippen molar-refractivity contribution < 1.29 is 4.74 Å². The molecule has 0 aliphatic heterocycles. The fraction of sp³-hybridized carbons (Fsp3) is 0.0714. The Hall–Kier alpha value is -1.30. The summed E-state index contributed by atoms with van der Waals surface area (Å²) in [6.07, 6.45) is 0. The first-order chi connectivity index (χ1) is 9.51. The van der Waals surface area contributed by atoms with Crippen LogP contribution in [0.1, 0.15) is 5.56 Å². The van der Waals surface area contributed by atoms with Crippen molar-refractivity contribution in [2.45, 2.75) is 0 Å². The number of ether oxygens (including phenoxy) is 1. The second-order valence-electron chi connectivity index (χ2n) is 4.03. The molecule has 3 nitrogen and oxygen atoms in total. The molecule has 0 saturated carbocycles. The van der Waals surface area contributed by atoms with Crippen molar-refractivity contribution in [2.75, 3.05) is 12.4 Å². The quantitative estimate of drug-likeness (QED) is 0.777. The van der Waals surface area contributed by atoms with Crippen molar-refractivity contribution in [1.29, 1.82) is 0 Å². The first-order valence-corrected chi connectivity index (χ1v) is 7.29. The van der Waals surface area contributed by atoms with Crippen LogP contribution in [-0.2, 0) is 0 Å². The zero-order chi connectivity index (χ0) is 14.7. The van der Waals surface area contributed by atoms with E-state index in [2.05, 4.69) is 21.2 Å². The van der Waals surface area contributed by atoms with Crippen LogP contribution >= 0.6 is 39.7 Å². The molecule has 0 aliphatic carbocycles. The Balaban J connectivity index is 2.26. The van der Waals surface area contributed by atoms with Crippen molar-refractivity contribution in [3.05, 3.63) is 51.5 Å². The van der Waals surface area contributed by atoms with E-state index in [9.17, 15) is 0 Å². The van der Waals surface area contributed by atoms with Gasteiger partial charge in [-0.1, -0.05) is 23.8 Å². The Bertz CT molecular complexity index is 664. The van der Waals surface area contributed by atoms with Crippen LogP contribution in [0.4, 0.5) is 11.4 Å². The second-order valence-corrected chi connectivity index (χ2v) is 5.73. The third kappa shape index (κ3) is 3.42. The van der Waals surface area contributed by atoms with Gasteiger partial charge in [0.25, 0.3) is 0 Å². The Labute approximate surface area is 136 Å². The van der Waals surface area contributed by atoms with E-state index in [-0.39, 0.29) is 0 Å². The summed E-state index contributed by atoms with van der Waals surface area (Å²) in [5.41, 5.74) is 8.16. The largest absolute Gasteiger partial charge is 0.495 e. The molecule has 0 atom stereocenters. The number of benzene rings is 2. The molecule has 0 saturated heterocycles. The van der Waals surface area contributed by atoms with Gasteiger partial charge in [-0.25, -0.2) is 0 Å². The van der Waals surface area contributed by atoms with Crippen LogP contribution < -0.4 is 15.8 Å². The van der Waals surface area contributed by atoms with Crippen LogP contribution in [0.5, 0.6) is 5.75 Å². The molecule has 0 heterocycles. The highest BCUT2D eigenvalue weighted by Gasteiger charge is 2.06. The number of halogens is 2. The molecule has 0 bridgehead atoms. The molecule has 104 valence electrons. The van der Waals surface area contributed by atoms with Gasteiger partial charge in [0.1, 0.15) is 10.7 Å². The molecular weight excluding hydrogens is 360 g/mol. The van der Waals surface area contributed by atoms with Crippen LogP contribution in [-0.4, -0.2) is 12.1 Å². The summed E-state index contributed by atoms with van der Waals surface area (Å²) in [5, 5.41) is 3.81. The fourth-order valence-corrected chi connectivity index (χ4v) is 2.53. The summed E-state index contributed by atoms with van der Waals surface area (Å²) in [6, 6.07) is 11.1. The maximum absolute atomic E-state index is 6.09. The molecular formula is C14H12BrClN2OS. The lowest BCUT2D eigenvalue weighted by Gasteiger charge is -2.11.